The van der Waals surface area contributed by atoms with Gasteiger partial charge >= 0.3 is 0 Å². The van der Waals surface area contributed by atoms with Crippen LogP contribution in [-0.2, 0) is 14.3 Å². The van der Waals surface area contributed by atoms with Gasteiger partial charge in [0.1, 0.15) is 0 Å². The van der Waals surface area contributed by atoms with Crippen molar-refractivity contribution in [2.24, 2.45) is 5.73 Å². The van der Waals surface area contributed by atoms with E-state index >= 15 is 0 Å². The minimum Gasteiger partial charge on any atom is -0.394 e. The van der Waals surface area contributed by atoms with Crippen molar-refractivity contribution in [2.75, 3.05) is 50.9 Å². The topological polar surface area (TPSA) is 84.7 Å². The molecule has 0 radical (unpaired) electrons. The first-order chi connectivity index (χ1) is 10.2. The molecule has 0 unspecified atom stereocenters. The summed E-state index contributed by atoms with van der Waals surface area (Å²) in [6.45, 7) is 5.75. The molecular formula is C14H25N3O3S. The van der Waals surface area contributed by atoms with Gasteiger partial charge in [0.15, 0.2) is 6.29 Å². The number of likely N-dealkylation sites (tertiary alicyclic amines) is 1. The molecule has 1 rings (SSSR count). The maximum atomic E-state index is 10.8. The lowest BCUT2D eigenvalue weighted by Crippen LogP contribution is -2.24. The van der Waals surface area contributed by atoms with Crippen molar-refractivity contribution in [2.45, 2.75) is 12.8 Å². The van der Waals surface area contributed by atoms with Gasteiger partial charge in [0, 0.05) is 30.8 Å². The number of allylic oxidation sites excluding steroid dienone is 1. The van der Waals surface area contributed by atoms with Gasteiger partial charge in [0.25, 0.3) is 0 Å². The highest BCUT2D eigenvalue weighted by atomic mass is 32.2. The summed E-state index contributed by atoms with van der Waals surface area (Å²) in [6.07, 6.45) is 4.23. The highest BCUT2D eigenvalue weighted by molar-refractivity contribution is 7.99. The molecular weight excluding hydrogens is 290 g/mol. The van der Waals surface area contributed by atoms with Crippen LogP contribution in [0.2, 0.25) is 0 Å². The third-order valence-corrected chi connectivity index (χ3v) is 4.11. The number of rotatable bonds is 12. The van der Waals surface area contributed by atoms with Crippen molar-refractivity contribution in [1.29, 1.82) is 0 Å². The average molecular weight is 315 g/mol. The average Bonchev–Trinajstić information content (AvgIpc) is 3.01. The number of carbonyl (C=O) groups excluding carboxylic acids is 2. The van der Waals surface area contributed by atoms with Gasteiger partial charge in [-0.2, -0.15) is 11.8 Å². The quantitative estimate of drug-likeness (QED) is 0.227. The molecule has 120 valence electrons. The molecule has 0 aromatic heterocycles. The van der Waals surface area contributed by atoms with Gasteiger partial charge in [-0.1, -0.05) is 0 Å². The molecule has 1 fully saturated rings. The molecule has 1 aliphatic heterocycles. The fourth-order valence-corrected chi connectivity index (χ4v) is 2.68. The third kappa shape index (κ3) is 8.75. The molecule has 7 heteroatoms. The Labute approximate surface area is 130 Å². The number of carbonyl (C=O) groups is 2. The summed E-state index contributed by atoms with van der Waals surface area (Å²) in [5.74, 6) is 1.16. The maximum absolute atomic E-state index is 10.8. The zero-order valence-electron chi connectivity index (χ0n) is 12.4. The van der Waals surface area contributed by atoms with Crippen LogP contribution < -0.4 is 11.1 Å². The van der Waals surface area contributed by atoms with Gasteiger partial charge in [-0.25, -0.2) is 0 Å². The molecule has 1 heterocycles. The van der Waals surface area contributed by atoms with Gasteiger partial charge in [0.05, 0.1) is 18.9 Å². The number of nitrogens with two attached hydrogens (primary N) is 1. The van der Waals surface area contributed by atoms with E-state index in [0.29, 0.717) is 6.54 Å². The lowest BCUT2D eigenvalue weighted by molar-refractivity contribution is -0.127. The van der Waals surface area contributed by atoms with E-state index in [9.17, 15) is 9.59 Å². The highest BCUT2D eigenvalue weighted by Gasteiger charge is 2.10. The van der Waals surface area contributed by atoms with Crippen LogP contribution >= 0.6 is 11.8 Å². The number of thioether (sulfide) groups is 1. The van der Waals surface area contributed by atoms with Crippen molar-refractivity contribution < 1.29 is 14.3 Å². The summed E-state index contributed by atoms with van der Waals surface area (Å²) in [4.78, 5) is 23.5. The second-order valence-corrected chi connectivity index (χ2v) is 6.03. The number of hydrogen-bond donors (Lipinski definition) is 2. The molecule has 0 aliphatic carbocycles. The van der Waals surface area contributed by atoms with Crippen LogP contribution in [-0.4, -0.2) is 67.9 Å². The summed E-state index contributed by atoms with van der Waals surface area (Å²) < 4.78 is 5.59. The molecule has 0 amide bonds. The number of ketones is 1. The second kappa shape index (κ2) is 11.6. The van der Waals surface area contributed by atoms with Crippen LogP contribution in [0.25, 0.3) is 0 Å². The van der Waals surface area contributed by atoms with Crippen molar-refractivity contribution in [3.05, 3.63) is 11.9 Å². The number of nitrogens with zero attached hydrogens (tertiary/aromatic N) is 1. The van der Waals surface area contributed by atoms with Crippen molar-refractivity contribution >= 4 is 23.8 Å². The number of nitrogens with one attached hydrogen (secondary N) is 1. The fraction of sp³-hybridized carbons (Fsp3) is 0.714. The molecule has 1 aliphatic rings. The van der Waals surface area contributed by atoms with Crippen LogP contribution in [0.1, 0.15) is 12.8 Å². The standard InChI is InChI=1S/C14H25N3O3S/c15-13(14(19)12-18)11-16-3-9-21-10-8-20-7-6-17-4-1-2-5-17/h11-12,16H,1-10,15H2/b13-11-. The lowest BCUT2D eigenvalue weighted by Gasteiger charge is -2.14. The summed E-state index contributed by atoms with van der Waals surface area (Å²) in [7, 11) is 0. The van der Waals surface area contributed by atoms with Crippen LogP contribution in [0.5, 0.6) is 0 Å². The monoisotopic (exact) mass is 315 g/mol. The number of Topliss-reactive ketones (excluding diaryl/α,β-unsaturated/α-hetero) is 1. The summed E-state index contributed by atoms with van der Waals surface area (Å²) in [5, 5.41) is 2.90. The molecule has 0 aromatic carbocycles. The normalized spacial score (nSPS) is 16.1. The van der Waals surface area contributed by atoms with Crippen LogP contribution in [0, 0.1) is 0 Å². The smallest absolute Gasteiger partial charge is 0.242 e. The first-order valence-corrected chi connectivity index (χ1v) is 8.46. The van der Waals surface area contributed by atoms with E-state index in [1.54, 1.807) is 11.8 Å². The Bertz CT molecular complexity index is 344. The molecule has 0 saturated carbocycles. The first-order valence-electron chi connectivity index (χ1n) is 7.30. The van der Waals surface area contributed by atoms with E-state index in [1.807, 2.05) is 0 Å². The van der Waals surface area contributed by atoms with E-state index in [1.165, 1.54) is 32.1 Å². The summed E-state index contributed by atoms with van der Waals surface area (Å²) in [5.41, 5.74) is 5.31. The number of ether oxygens (including phenoxy) is 1. The van der Waals surface area contributed by atoms with E-state index in [-0.39, 0.29) is 12.0 Å². The Morgan fingerprint density at radius 1 is 1.29 bits per heavy atom. The molecule has 0 spiro atoms. The van der Waals surface area contributed by atoms with E-state index in [0.717, 1.165) is 31.3 Å². The molecule has 6 nitrogen and oxygen atoms in total. The third-order valence-electron chi connectivity index (χ3n) is 3.16. The van der Waals surface area contributed by atoms with Gasteiger partial charge < -0.3 is 20.7 Å². The van der Waals surface area contributed by atoms with Crippen LogP contribution in [0.4, 0.5) is 0 Å². The Kier molecular flexibility index (Phi) is 9.94. The SMILES string of the molecule is N/C(=C\NCCSCCOCCN1CCCC1)C(=O)C=O. The zero-order chi connectivity index (χ0) is 15.3. The van der Waals surface area contributed by atoms with E-state index in [2.05, 4.69) is 10.2 Å². The van der Waals surface area contributed by atoms with Crippen molar-refractivity contribution in [3.8, 4) is 0 Å². The first kappa shape index (κ1) is 18.0. The largest absolute Gasteiger partial charge is 0.394 e. The fourth-order valence-electron chi connectivity index (χ4n) is 1.97. The Balaban J connectivity index is 1.84. The van der Waals surface area contributed by atoms with E-state index < -0.39 is 5.78 Å². The lowest BCUT2D eigenvalue weighted by atomic mass is 10.3. The van der Waals surface area contributed by atoms with Crippen LogP contribution in [0.15, 0.2) is 11.9 Å². The molecule has 0 bridgehead atoms. The molecule has 3 N–H and O–H groups in total. The highest BCUT2D eigenvalue weighted by Crippen LogP contribution is 2.06. The molecule has 0 aromatic rings. The number of aldehydes is 1. The second-order valence-electron chi connectivity index (χ2n) is 4.81. The Morgan fingerprint density at radius 3 is 2.76 bits per heavy atom. The molecule has 21 heavy (non-hydrogen) atoms. The van der Waals surface area contributed by atoms with Crippen molar-refractivity contribution in [3.63, 3.8) is 0 Å². The minimum absolute atomic E-state index is 0.0553. The summed E-state index contributed by atoms with van der Waals surface area (Å²) >= 11 is 1.78. The number of hydrogen-bond acceptors (Lipinski definition) is 7. The predicted molar refractivity (Wildman–Crippen MR) is 85.2 cm³/mol. The van der Waals surface area contributed by atoms with Gasteiger partial charge in [0.2, 0.25) is 5.78 Å². The van der Waals surface area contributed by atoms with Crippen molar-refractivity contribution in [1.82, 2.24) is 10.2 Å². The molecule has 0 atom stereocenters. The molecule has 1 saturated heterocycles. The Hall–Kier alpha value is -1.05. The van der Waals surface area contributed by atoms with Gasteiger partial charge in [-0.05, 0) is 25.9 Å². The minimum atomic E-state index is -0.693. The van der Waals surface area contributed by atoms with Gasteiger partial charge in [-0.3, -0.25) is 9.59 Å². The van der Waals surface area contributed by atoms with E-state index in [4.69, 9.17) is 10.5 Å². The van der Waals surface area contributed by atoms with Crippen LogP contribution in [0.3, 0.4) is 0 Å². The van der Waals surface area contributed by atoms with Gasteiger partial charge in [-0.15, -0.1) is 0 Å². The predicted octanol–water partition coefficient (Wildman–Crippen LogP) is -0.0103. The Morgan fingerprint density at radius 2 is 2.05 bits per heavy atom. The zero-order valence-corrected chi connectivity index (χ0v) is 13.2. The maximum Gasteiger partial charge on any atom is 0.242 e. The summed E-state index contributed by atoms with van der Waals surface area (Å²) in [6, 6.07) is 0.